The molecule has 0 aliphatic rings. The molecule has 0 bridgehead atoms. The fraction of sp³-hybridized carbons (Fsp3) is 0.556. The smallest absolute Gasteiger partial charge is 0.183 e. The third-order valence-electron chi connectivity index (χ3n) is 1.67. The van der Waals surface area contributed by atoms with Crippen LogP contribution in [-0.2, 0) is 6.42 Å². The Morgan fingerprint density at radius 3 is 2.69 bits per heavy atom. The molecule has 0 unspecified atom stereocenters. The highest BCUT2D eigenvalue weighted by atomic mass is 79.9. The zero-order valence-corrected chi connectivity index (χ0v) is 10.7. The number of rotatable bonds is 5. The minimum absolute atomic E-state index is 0.776. The molecule has 0 aromatic carbocycles. The van der Waals surface area contributed by atoms with Gasteiger partial charge < -0.3 is 9.73 Å². The van der Waals surface area contributed by atoms with Gasteiger partial charge in [-0.25, -0.2) is 0 Å². The lowest BCUT2D eigenvalue weighted by Gasteiger charge is -1.99. The second kappa shape index (κ2) is 5.83. The Bertz CT molecular complexity index is 241. The molecule has 2 nitrogen and oxygen atoms in total. The maximum absolute atomic E-state index is 5.42. The van der Waals surface area contributed by atoms with E-state index in [1.807, 2.05) is 6.07 Å². The summed E-state index contributed by atoms with van der Waals surface area (Å²) in [4.78, 5) is 0. The molecule has 4 heteroatoms. The number of nitrogens with one attached hydrogen (secondary N) is 1. The Kier molecular flexibility index (Phi) is 5.06. The Morgan fingerprint density at radius 1 is 1.38 bits per heavy atom. The Balaban J connectivity index is 2.29. The molecule has 0 atom stereocenters. The maximum atomic E-state index is 5.42. The average Bonchev–Trinajstić information content (AvgIpc) is 2.41. The van der Waals surface area contributed by atoms with E-state index in [2.05, 4.69) is 44.1 Å². The van der Waals surface area contributed by atoms with E-state index in [4.69, 9.17) is 4.42 Å². The largest absolute Gasteiger partial charge is 0.453 e. The van der Waals surface area contributed by atoms with Crippen LogP contribution in [0.3, 0.4) is 0 Å². The number of hydrogen-bond acceptors (Lipinski definition) is 2. The van der Waals surface area contributed by atoms with Crippen molar-refractivity contribution in [2.45, 2.75) is 19.8 Å². The summed E-state index contributed by atoms with van der Waals surface area (Å²) in [5.74, 6) is 1.00. The minimum Gasteiger partial charge on any atom is -0.453 e. The molecule has 0 fully saturated rings. The summed E-state index contributed by atoms with van der Waals surface area (Å²) < 4.78 is 7.18. The van der Waals surface area contributed by atoms with Crippen molar-refractivity contribution in [1.29, 1.82) is 0 Å². The summed E-state index contributed by atoms with van der Waals surface area (Å²) in [7, 11) is 0. The van der Waals surface area contributed by atoms with E-state index in [-0.39, 0.29) is 0 Å². The van der Waals surface area contributed by atoms with Gasteiger partial charge in [0.25, 0.3) is 0 Å². The van der Waals surface area contributed by atoms with Gasteiger partial charge in [0.05, 0.1) is 4.47 Å². The van der Waals surface area contributed by atoms with Crippen molar-refractivity contribution < 1.29 is 4.42 Å². The van der Waals surface area contributed by atoms with Crippen molar-refractivity contribution >= 4 is 31.9 Å². The van der Waals surface area contributed by atoms with Crippen LogP contribution in [0.15, 0.2) is 19.6 Å². The van der Waals surface area contributed by atoms with Gasteiger partial charge in [-0.1, -0.05) is 6.92 Å². The molecule has 74 valence electrons. The summed E-state index contributed by atoms with van der Waals surface area (Å²) >= 11 is 6.68. The molecular formula is C9H13Br2NO. The van der Waals surface area contributed by atoms with Crippen LogP contribution in [0.25, 0.3) is 0 Å². The molecule has 0 radical (unpaired) electrons. The van der Waals surface area contributed by atoms with Crippen molar-refractivity contribution in [3.8, 4) is 0 Å². The lowest BCUT2D eigenvalue weighted by atomic mass is 10.3. The first kappa shape index (κ1) is 11.3. The summed E-state index contributed by atoms with van der Waals surface area (Å²) in [5.41, 5.74) is 0. The second-order valence-corrected chi connectivity index (χ2v) is 4.41. The van der Waals surface area contributed by atoms with Gasteiger partial charge in [-0.05, 0) is 50.9 Å². The molecule has 1 aromatic heterocycles. The fourth-order valence-electron chi connectivity index (χ4n) is 1.03. The van der Waals surface area contributed by atoms with Gasteiger partial charge in [0.2, 0.25) is 0 Å². The third kappa shape index (κ3) is 3.83. The highest BCUT2D eigenvalue weighted by Gasteiger charge is 2.04. The van der Waals surface area contributed by atoms with E-state index < -0.39 is 0 Å². The molecular weight excluding hydrogens is 298 g/mol. The van der Waals surface area contributed by atoms with Crippen LogP contribution in [0.5, 0.6) is 0 Å². The Labute approximate surface area is 95.3 Å². The van der Waals surface area contributed by atoms with Gasteiger partial charge >= 0.3 is 0 Å². The summed E-state index contributed by atoms with van der Waals surface area (Å²) in [6.45, 7) is 4.20. The summed E-state index contributed by atoms with van der Waals surface area (Å²) in [5, 5.41) is 3.32. The molecule has 0 spiro atoms. The topological polar surface area (TPSA) is 25.2 Å². The number of furan rings is 1. The van der Waals surface area contributed by atoms with Gasteiger partial charge in [0, 0.05) is 13.0 Å². The van der Waals surface area contributed by atoms with Crippen LogP contribution in [0.1, 0.15) is 19.1 Å². The Morgan fingerprint density at radius 2 is 2.15 bits per heavy atom. The molecule has 1 heterocycles. The SMILES string of the molecule is CCCNCCc1cc(Br)c(Br)o1. The molecule has 0 aliphatic carbocycles. The maximum Gasteiger partial charge on any atom is 0.183 e. The standard InChI is InChI=1S/C9H13Br2NO/c1-2-4-12-5-3-7-6-8(10)9(11)13-7/h6,12H,2-5H2,1H3. The van der Waals surface area contributed by atoms with E-state index in [0.29, 0.717) is 0 Å². The fourth-order valence-corrected chi connectivity index (χ4v) is 1.69. The lowest BCUT2D eigenvalue weighted by molar-refractivity contribution is 0.478. The second-order valence-electron chi connectivity index (χ2n) is 2.83. The lowest BCUT2D eigenvalue weighted by Crippen LogP contribution is -2.17. The van der Waals surface area contributed by atoms with Crippen LogP contribution >= 0.6 is 31.9 Å². The minimum atomic E-state index is 0.776. The van der Waals surface area contributed by atoms with E-state index in [1.54, 1.807) is 0 Å². The van der Waals surface area contributed by atoms with E-state index >= 15 is 0 Å². The predicted octanol–water partition coefficient (Wildman–Crippen LogP) is 3.35. The molecule has 1 N–H and O–H groups in total. The third-order valence-corrected chi connectivity index (χ3v) is 3.38. The number of halogens is 2. The van der Waals surface area contributed by atoms with E-state index in [0.717, 1.165) is 34.4 Å². The first-order chi connectivity index (χ1) is 6.24. The van der Waals surface area contributed by atoms with Crippen molar-refractivity contribution in [3.63, 3.8) is 0 Å². The molecule has 0 amide bonds. The molecule has 1 aromatic rings. The number of hydrogen-bond donors (Lipinski definition) is 1. The van der Waals surface area contributed by atoms with Gasteiger partial charge in [0.15, 0.2) is 4.67 Å². The first-order valence-electron chi connectivity index (χ1n) is 4.38. The van der Waals surface area contributed by atoms with Crippen LogP contribution in [-0.4, -0.2) is 13.1 Å². The van der Waals surface area contributed by atoms with Crippen LogP contribution in [0.2, 0.25) is 0 Å². The quantitative estimate of drug-likeness (QED) is 0.844. The Hall–Kier alpha value is 0.200. The van der Waals surface area contributed by atoms with Gasteiger partial charge in [-0.3, -0.25) is 0 Å². The highest BCUT2D eigenvalue weighted by Crippen LogP contribution is 2.26. The molecule has 0 aliphatic heterocycles. The zero-order chi connectivity index (χ0) is 9.68. The highest BCUT2D eigenvalue weighted by molar-refractivity contribution is 9.13. The van der Waals surface area contributed by atoms with Gasteiger partial charge in [0.1, 0.15) is 5.76 Å². The van der Waals surface area contributed by atoms with Crippen LogP contribution in [0.4, 0.5) is 0 Å². The average molecular weight is 311 g/mol. The summed E-state index contributed by atoms with van der Waals surface area (Å²) in [6, 6.07) is 2.00. The van der Waals surface area contributed by atoms with Gasteiger partial charge in [-0.15, -0.1) is 0 Å². The van der Waals surface area contributed by atoms with Crippen LogP contribution < -0.4 is 5.32 Å². The van der Waals surface area contributed by atoms with Crippen molar-refractivity contribution in [1.82, 2.24) is 5.32 Å². The van der Waals surface area contributed by atoms with Crippen molar-refractivity contribution in [2.24, 2.45) is 0 Å². The normalized spacial score (nSPS) is 10.7. The van der Waals surface area contributed by atoms with Gasteiger partial charge in [-0.2, -0.15) is 0 Å². The molecule has 13 heavy (non-hydrogen) atoms. The first-order valence-corrected chi connectivity index (χ1v) is 5.97. The van der Waals surface area contributed by atoms with Crippen molar-refractivity contribution in [3.05, 3.63) is 21.0 Å². The molecule has 0 saturated heterocycles. The molecule has 0 saturated carbocycles. The summed E-state index contributed by atoms with van der Waals surface area (Å²) in [6.07, 6.45) is 2.11. The molecule has 1 rings (SSSR count). The van der Waals surface area contributed by atoms with E-state index in [1.165, 1.54) is 6.42 Å². The van der Waals surface area contributed by atoms with Crippen LogP contribution in [0, 0.1) is 0 Å². The predicted molar refractivity (Wildman–Crippen MR) is 61.0 cm³/mol. The monoisotopic (exact) mass is 309 g/mol. The van der Waals surface area contributed by atoms with E-state index in [9.17, 15) is 0 Å². The zero-order valence-electron chi connectivity index (χ0n) is 7.57. The van der Waals surface area contributed by atoms with Crippen molar-refractivity contribution in [2.75, 3.05) is 13.1 Å².